The molecule has 1 aromatic heterocycles. The van der Waals surface area contributed by atoms with Crippen molar-refractivity contribution in [2.45, 2.75) is 6.92 Å². The van der Waals surface area contributed by atoms with E-state index in [1.54, 1.807) is 59.9 Å². The third-order valence-electron chi connectivity index (χ3n) is 3.58. The summed E-state index contributed by atoms with van der Waals surface area (Å²) in [4.78, 5) is 25.2. The number of hydrogen-bond donors (Lipinski definition) is 0. The van der Waals surface area contributed by atoms with Gasteiger partial charge in [0.25, 0.3) is 0 Å². The number of allylic oxidation sites excluding steroid dienone is 1. The first kappa shape index (κ1) is 16.9. The van der Waals surface area contributed by atoms with E-state index in [0.717, 1.165) is 10.4 Å². The van der Waals surface area contributed by atoms with Crippen molar-refractivity contribution < 1.29 is 14.3 Å². The zero-order chi connectivity index (χ0) is 17.6. The van der Waals surface area contributed by atoms with E-state index in [1.807, 2.05) is 36.6 Å². The molecule has 3 rings (SSSR count). The molecule has 0 N–H and O–H groups in total. The summed E-state index contributed by atoms with van der Waals surface area (Å²) in [6.07, 6.45) is 3.33. The summed E-state index contributed by atoms with van der Waals surface area (Å²) < 4.78 is 5.33. The highest BCUT2D eigenvalue weighted by Crippen LogP contribution is 2.16. The summed E-state index contributed by atoms with van der Waals surface area (Å²) in [7, 11) is 0. The van der Waals surface area contributed by atoms with Crippen molar-refractivity contribution in [1.29, 1.82) is 0 Å². The molecule has 3 nitrogen and oxygen atoms in total. The molecule has 3 aromatic rings. The largest absolute Gasteiger partial charge is 0.423 e. The van der Waals surface area contributed by atoms with Crippen LogP contribution in [-0.4, -0.2) is 11.8 Å². The zero-order valence-corrected chi connectivity index (χ0v) is 14.5. The minimum absolute atomic E-state index is 0.0928. The summed E-state index contributed by atoms with van der Waals surface area (Å²) >= 11 is 1.57. The maximum absolute atomic E-state index is 12.1. The van der Waals surface area contributed by atoms with Crippen LogP contribution in [0.5, 0.6) is 5.75 Å². The number of esters is 1. The molecule has 0 spiro atoms. The highest BCUT2D eigenvalue weighted by molar-refractivity contribution is 7.10. The van der Waals surface area contributed by atoms with Gasteiger partial charge in [-0.15, -0.1) is 11.3 Å². The third kappa shape index (κ3) is 4.52. The Hall–Kier alpha value is -2.98. The fourth-order valence-corrected chi connectivity index (χ4v) is 2.80. The average Bonchev–Trinajstić information content (AvgIpc) is 3.14. The van der Waals surface area contributed by atoms with Crippen molar-refractivity contribution in [3.63, 3.8) is 0 Å². The van der Waals surface area contributed by atoms with E-state index >= 15 is 0 Å². The van der Waals surface area contributed by atoms with E-state index in [-0.39, 0.29) is 5.78 Å². The Balaban J connectivity index is 1.64. The van der Waals surface area contributed by atoms with Gasteiger partial charge < -0.3 is 4.74 Å². The second kappa shape index (κ2) is 7.73. The number of benzene rings is 2. The van der Waals surface area contributed by atoms with Gasteiger partial charge in [0, 0.05) is 10.4 Å². The van der Waals surface area contributed by atoms with Gasteiger partial charge in [-0.2, -0.15) is 0 Å². The van der Waals surface area contributed by atoms with Gasteiger partial charge in [-0.3, -0.25) is 4.79 Å². The van der Waals surface area contributed by atoms with Crippen LogP contribution in [0.4, 0.5) is 0 Å². The number of aryl methyl sites for hydroxylation is 1. The molecular weight excluding hydrogens is 332 g/mol. The molecule has 25 heavy (non-hydrogen) atoms. The number of ketones is 1. The molecule has 0 aliphatic carbocycles. The van der Waals surface area contributed by atoms with E-state index in [1.165, 1.54) is 0 Å². The first-order valence-electron chi connectivity index (χ1n) is 7.77. The quantitative estimate of drug-likeness (QED) is 0.276. The molecule has 0 atom stereocenters. The van der Waals surface area contributed by atoms with Crippen LogP contribution in [0, 0.1) is 6.92 Å². The van der Waals surface area contributed by atoms with Crippen LogP contribution in [-0.2, 0) is 0 Å². The van der Waals surface area contributed by atoms with Crippen molar-refractivity contribution in [2.75, 3.05) is 0 Å². The van der Waals surface area contributed by atoms with Gasteiger partial charge in [0.15, 0.2) is 5.78 Å². The lowest BCUT2D eigenvalue weighted by Gasteiger charge is -2.05. The van der Waals surface area contributed by atoms with Crippen LogP contribution in [0.15, 0.2) is 72.1 Å². The molecule has 1 heterocycles. The second-order valence-corrected chi connectivity index (χ2v) is 6.47. The van der Waals surface area contributed by atoms with E-state index in [2.05, 4.69) is 0 Å². The molecule has 0 aliphatic rings. The zero-order valence-electron chi connectivity index (χ0n) is 13.6. The van der Waals surface area contributed by atoms with Crippen LogP contribution in [0.2, 0.25) is 0 Å². The smallest absolute Gasteiger partial charge is 0.343 e. The summed E-state index contributed by atoms with van der Waals surface area (Å²) in [5, 5.41) is 1.96. The van der Waals surface area contributed by atoms with Crippen LogP contribution < -0.4 is 4.74 Å². The summed E-state index contributed by atoms with van der Waals surface area (Å²) in [5.41, 5.74) is 2.11. The predicted octanol–water partition coefficient (Wildman–Crippen LogP) is 5.17. The van der Waals surface area contributed by atoms with Crippen LogP contribution in [0.1, 0.15) is 31.2 Å². The third-order valence-corrected chi connectivity index (χ3v) is 4.42. The summed E-state index contributed by atoms with van der Waals surface area (Å²) in [5.74, 6) is -0.106. The standard InChI is InChI=1S/C21H16O3S/c1-15-4-6-17(7-5-15)21(23)24-18-10-8-16(9-11-18)20(22)13-12-19-3-2-14-25-19/h2-14H,1H3/b13-12+. The van der Waals surface area contributed by atoms with Crippen molar-refractivity contribution in [3.05, 3.63) is 93.7 Å². The number of carbonyl (C=O) groups is 2. The van der Waals surface area contributed by atoms with Crippen LogP contribution in [0.25, 0.3) is 6.08 Å². The Morgan fingerprint density at radius 1 is 0.920 bits per heavy atom. The van der Waals surface area contributed by atoms with Gasteiger partial charge in [-0.05, 0) is 66.9 Å². The molecule has 0 amide bonds. The second-order valence-electron chi connectivity index (χ2n) is 5.49. The van der Waals surface area contributed by atoms with Gasteiger partial charge >= 0.3 is 5.97 Å². The first-order valence-corrected chi connectivity index (χ1v) is 8.64. The van der Waals surface area contributed by atoms with Gasteiger partial charge in [0.1, 0.15) is 5.75 Å². The Bertz CT molecular complexity index is 889. The minimum Gasteiger partial charge on any atom is -0.423 e. The van der Waals surface area contributed by atoms with E-state index < -0.39 is 5.97 Å². The average molecular weight is 348 g/mol. The highest BCUT2D eigenvalue weighted by Gasteiger charge is 2.09. The number of thiophene rings is 1. The van der Waals surface area contributed by atoms with Gasteiger partial charge in [-0.25, -0.2) is 4.79 Å². The van der Waals surface area contributed by atoms with Crippen molar-refractivity contribution in [2.24, 2.45) is 0 Å². The van der Waals surface area contributed by atoms with Gasteiger partial charge in [-0.1, -0.05) is 23.8 Å². The maximum atomic E-state index is 12.1. The SMILES string of the molecule is Cc1ccc(C(=O)Oc2ccc(C(=O)/C=C/c3cccs3)cc2)cc1. The number of rotatable bonds is 5. The van der Waals surface area contributed by atoms with Gasteiger partial charge in [0.05, 0.1) is 5.56 Å². The minimum atomic E-state index is -0.420. The molecule has 2 aromatic carbocycles. The predicted molar refractivity (Wildman–Crippen MR) is 100 cm³/mol. The molecule has 0 fully saturated rings. The van der Waals surface area contributed by atoms with Gasteiger partial charge in [0.2, 0.25) is 0 Å². The normalized spacial score (nSPS) is 10.8. The lowest BCUT2D eigenvalue weighted by atomic mass is 10.1. The van der Waals surface area contributed by atoms with E-state index in [9.17, 15) is 9.59 Å². The molecule has 0 saturated heterocycles. The van der Waals surface area contributed by atoms with Crippen LogP contribution >= 0.6 is 11.3 Å². The molecule has 0 radical (unpaired) electrons. The molecule has 0 bridgehead atoms. The van der Waals surface area contributed by atoms with E-state index in [0.29, 0.717) is 16.9 Å². The highest BCUT2D eigenvalue weighted by atomic mass is 32.1. The Morgan fingerprint density at radius 2 is 1.60 bits per heavy atom. The monoisotopic (exact) mass is 348 g/mol. The summed E-state index contributed by atoms with van der Waals surface area (Å²) in [6, 6.07) is 17.6. The summed E-state index contributed by atoms with van der Waals surface area (Å²) in [6.45, 7) is 1.96. The first-order chi connectivity index (χ1) is 12.1. The number of ether oxygens (including phenoxy) is 1. The molecule has 0 unspecified atom stereocenters. The van der Waals surface area contributed by atoms with E-state index in [4.69, 9.17) is 4.74 Å². The lowest BCUT2D eigenvalue weighted by Crippen LogP contribution is -2.08. The van der Waals surface area contributed by atoms with Crippen molar-refractivity contribution in [3.8, 4) is 5.75 Å². The number of carbonyl (C=O) groups excluding carboxylic acids is 2. The fourth-order valence-electron chi connectivity index (χ4n) is 2.18. The number of hydrogen-bond acceptors (Lipinski definition) is 4. The van der Waals surface area contributed by atoms with Crippen molar-refractivity contribution in [1.82, 2.24) is 0 Å². The van der Waals surface area contributed by atoms with Crippen molar-refractivity contribution >= 4 is 29.2 Å². The maximum Gasteiger partial charge on any atom is 0.343 e. The molecule has 124 valence electrons. The Kier molecular flexibility index (Phi) is 5.21. The molecule has 0 saturated carbocycles. The molecular formula is C21H16O3S. The Morgan fingerprint density at radius 3 is 2.24 bits per heavy atom. The van der Waals surface area contributed by atoms with Crippen LogP contribution in [0.3, 0.4) is 0 Å². The topological polar surface area (TPSA) is 43.4 Å². The molecule has 4 heteroatoms. The lowest BCUT2D eigenvalue weighted by molar-refractivity contribution is 0.0734. The Labute approximate surface area is 150 Å². The fraction of sp³-hybridized carbons (Fsp3) is 0.0476. The molecule has 0 aliphatic heterocycles.